The summed E-state index contributed by atoms with van der Waals surface area (Å²) in [6.07, 6.45) is -3.43. The van der Waals surface area contributed by atoms with E-state index in [0.717, 1.165) is 0 Å². The Balaban J connectivity index is 1.77. The minimum absolute atomic E-state index is 0.279. The largest absolute Gasteiger partial charge is 0.497 e. The normalized spacial score (nSPS) is 11.6. The first-order valence-corrected chi connectivity index (χ1v) is 9.77. The topological polar surface area (TPSA) is 93.4 Å². The quantitative estimate of drug-likeness (QED) is 0.330. The molecule has 0 saturated carbocycles. The highest BCUT2D eigenvalue weighted by atomic mass is 19.4. The van der Waals surface area contributed by atoms with Crippen molar-refractivity contribution in [3.63, 3.8) is 0 Å². The Hall–Kier alpha value is -4.34. The van der Waals surface area contributed by atoms with Crippen LogP contribution in [-0.4, -0.2) is 19.0 Å². The highest BCUT2D eigenvalue weighted by molar-refractivity contribution is 6.01. The van der Waals surface area contributed by atoms with Gasteiger partial charge in [-0.05, 0) is 59.2 Å². The van der Waals surface area contributed by atoms with Crippen molar-refractivity contribution in [3.05, 3.63) is 95.3 Å². The van der Waals surface area contributed by atoms with Gasteiger partial charge in [-0.15, -0.1) is 0 Å². The molecule has 3 amide bonds. The number of carbonyl (C=O) groups excluding carboxylic acids is 2. The number of amides is 3. The lowest BCUT2D eigenvalue weighted by Gasteiger charge is -2.13. The summed E-state index contributed by atoms with van der Waals surface area (Å²) in [5, 5.41) is 4.47. The van der Waals surface area contributed by atoms with Gasteiger partial charge in [0.15, 0.2) is 0 Å². The second kappa shape index (κ2) is 10.1. The molecule has 0 aromatic heterocycles. The van der Waals surface area contributed by atoms with Gasteiger partial charge in [-0.2, -0.15) is 13.2 Å². The smallest absolute Gasteiger partial charge is 0.416 e. The summed E-state index contributed by atoms with van der Waals surface area (Å²) in [6.45, 7) is 0. The van der Waals surface area contributed by atoms with Crippen LogP contribution in [0.4, 0.5) is 33.7 Å². The van der Waals surface area contributed by atoms with Crippen LogP contribution in [0.3, 0.4) is 0 Å². The fraction of sp³-hybridized carbons (Fsp3) is 0.0833. The third kappa shape index (κ3) is 6.12. The molecule has 34 heavy (non-hydrogen) atoms. The molecule has 10 heteroatoms. The summed E-state index contributed by atoms with van der Waals surface area (Å²) in [5.41, 5.74) is 5.73. The van der Waals surface area contributed by atoms with E-state index >= 15 is 0 Å². The Morgan fingerprint density at radius 3 is 2.03 bits per heavy atom. The van der Waals surface area contributed by atoms with Crippen LogP contribution in [0.1, 0.15) is 16.7 Å². The van der Waals surface area contributed by atoms with Crippen molar-refractivity contribution in [1.29, 1.82) is 0 Å². The molecule has 4 N–H and O–H groups in total. The maximum Gasteiger partial charge on any atom is 0.416 e. The Kier molecular flexibility index (Phi) is 7.20. The molecular formula is C24H19F4N3O3. The molecule has 6 nitrogen and oxygen atoms in total. The molecule has 0 spiro atoms. The second-order valence-electron chi connectivity index (χ2n) is 7.04. The van der Waals surface area contributed by atoms with Gasteiger partial charge in [0.25, 0.3) is 0 Å². The van der Waals surface area contributed by atoms with Crippen molar-refractivity contribution >= 4 is 28.9 Å². The van der Waals surface area contributed by atoms with Crippen molar-refractivity contribution < 1.29 is 31.9 Å². The van der Waals surface area contributed by atoms with Crippen LogP contribution >= 0.6 is 0 Å². The summed E-state index contributed by atoms with van der Waals surface area (Å²) >= 11 is 0. The molecule has 3 aromatic rings. The molecule has 0 unspecified atom stereocenters. The number of alkyl halides is 3. The summed E-state index contributed by atoms with van der Waals surface area (Å²) in [7, 11) is 1.53. The first kappa shape index (κ1) is 24.3. The van der Waals surface area contributed by atoms with Crippen LogP contribution in [0.2, 0.25) is 0 Å². The first-order valence-electron chi connectivity index (χ1n) is 9.77. The zero-order valence-electron chi connectivity index (χ0n) is 17.7. The van der Waals surface area contributed by atoms with E-state index in [9.17, 15) is 27.2 Å². The number of carbonyl (C=O) groups is 2. The van der Waals surface area contributed by atoms with Crippen molar-refractivity contribution in [1.82, 2.24) is 0 Å². The van der Waals surface area contributed by atoms with Gasteiger partial charge >= 0.3 is 12.2 Å². The van der Waals surface area contributed by atoms with E-state index in [2.05, 4.69) is 10.6 Å². The fourth-order valence-electron chi connectivity index (χ4n) is 3.06. The van der Waals surface area contributed by atoms with E-state index in [1.165, 1.54) is 25.3 Å². The number of halogens is 4. The Labute approximate surface area is 192 Å². The molecular weight excluding hydrogens is 454 g/mol. The van der Waals surface area contributed by atoms with Crippen LogP contribution in [0.5, 0.6) is 5.75 Å². The standard InChI is InChI=1S/C24H19F4N3O3/c1-34-18-9-4-15(5-10-18)19(13-22(29)32)14-2-7-17(8-3-14)30-23(33)31-21-12-16(24(26,27)28)6-11-20(21)25/h2-13H,1H3,(H2,29,32)(H2,30,31,33). The number of nitrogens with one attached hydrogen (secondary N) is 2. The number of benzene rings is 3. The fourth-order valence-corrected chi connectivity index (χ4v) is 3.06. The lowest BCUT2D eigenvalue weighted by molar-refractivity contribution is -0.137. The van der Waals surface area contributed by atoms with E-state index in [0.29, 0.717) is 40.6 Å². The van der Waals surface area contributed by atoms with Gasteiger partial charge in [0.2, 0.25) is 5.91 Å². The molecule has 0 fully saturated rings. The van der Waals surface area contributed by atoms with Gasteiger partial charge < -0.3 is 21.1 Å². The summed E-state index contributed by atoms with van der Waals surface area (Å²) in [6, 6.07) is 13.9. The maximum atomic E-state index is 13.9. The van der Waals surface area contributed by atoms with Crippen LogP contribution in [-0.2, 0) is 11.0 Å². The number of nitrogens with two attached hydrogens (primary N) is 1. The molecule has 3 rings (SSSR count). The number of rotatable bonds is 6. The SMILES string of the molecule is COc1ccc(C(=CC(N)=O)c2ccc(NC(=O)Nc3cc(C(F)(F)F)ccc3F)cc2)cc1. The van der Waals surface area contributed by atoms with E-state index in [4.69, 9.17) is 10.5 Å². The van der Waals surface area contributed by atoms with Gasteiger partial charge in [0.1, 0.15) is 11.6 Å². The Morgan fingerprint density at radius 2 is 1.50 bits per heavy atom. The van der Waals surface area contributed by atoms with Gasteiger partial charge in [0, 0.05) is 11.8 Å². The van der Waals surface area contributed by atoms with Crippen molar-refractivity contribution in [2.75, 3.05) is 17.7 Å². The number of urea groups is 1. The minimum Gasteiger partial charge on any atom is -0.497 e. The van der Waals surface area contributed by atoms with Gasteiger partial charge in [-0.25, -0.2) is 9.18 Å². The molecule has 0 atom stereocenters. The predicted octanol–water partition coefficient (Wildman–Crippen LogP) is 5.41. The van der Waals surface area contributed by atoms with Crippen molar-refractivity contribution in [2.45, 2.75) is 6.18 Å². The highest BCUT2D eigenvalue weighted by Gasteiger charge is 2.31. The second-order valence-corrected chi connectivity index (χ2v) is 7.04. The molecule has 3 aromatic carbocycles. The lowest BCUT2D eigenvalue weighted by Crippen LogP contribution is -2.20. The molecule has 0 heterocycles. The molecule has 0 bridgehead atoms. The molecule has 0 aliphatic carbocycles. The average Bonchev–Trinajstić information content (AvgIpc) is 2.79. The summed E-state index contributed by atoms with van der Waals surface area (Å²) in [5.74, 6) is -1.04. The Morgan fingerprint density at radius 1 is 0.912 bits per heavy atom. The number of anilines is 2. The zero-order valence-corrected chi connectivity index (χ0v) is 17.7. The summed E-state index contributed by atoms with van der Waals surface area (Å²) in [4.78, 5) is 23.7. The number of hydrogen-bond donors (Lipinski definition) is 3. The van der Waals surface area contributed by atoms with Crippen LogP contribution in [0, 0.1) is 5.82 Å². The monoisotopic (exact) mass is 473 g/mol. The molecule has 176 valence electrons. The number of primary amides is 1. The van der Waals surface area contributed by atoms with E-state index in [1.54, 1.807) is 36.4 Å². The van der Waals surface area contributed by atoms with Gasteiger partial charge in [-0.1, -0.05) is 24.3 Å². The Bertz CT molecular complexity index is 1220. The van der Waals surface area contributed by atoms with E-state index < -0.39 is 35.2 Å². The van der Waals surface area contributed by atoms with Gasteiger partial charge in [-0.3, -0.25) is 4.79 Å². The lowest BCUT2D eigenvalue weighted by atomic mass is 9.97. The third-order valence-electron chi connectivity index (χ3n) is 4.68. The van der Waals surface area contributed by atoms with Crippen molar-refractivity contribution in [3.8, 4) is 5.75 Å². The van der Waals surface area contributed by atoms with Crippen LogP contribution in [0.25, 0.3) is 5.57 Å². The van der Waals surface area contributed by atoms with Crippen LogP contribution < -0.4 is 21.1 Å². The minimum atomic E-state index is -4.68. The molecule has 0 aliphatic heterocycles. The maximum absolute atomic E-state index is 13.9. The van der Waals surface area contributed by atoms with E-state index in [1.807, 2.05) is 0 Å². The first-order chi connectivity index (χ1) is 16.1. The number of ether oxygens (including phenoxy) is 1. The third-order valence-corrected chi connectivity index (χ3v) is 4.68. The number of methoxy groups -OCH3 is 1. The highest BCUT2D eigenvalue weighted by Crippen LogP contribution is 2.32. The molecule has 0 radical (unpaired) electrons. The van der Waals surface area contributed by atoms with Gasteiger partial charge in [0.05, 0.1) is 18.4 Å². The predicted molar refractivity (Wildman–Crippen MR) is 120 cm³/mol. The number of hydrogen-bond acceptors (Lipinski definition) is 3. The summed E-state index contributed by atoms with van der Waals surface area (Å²) < 4.78 is 57.5. The van der Waals surface area contributed by atoms with Crippen molar-refractivity contribution in [2.24, 2.45) is 5.73 Å². The molecule has 0 saturated heterocycles. The van der Waals surface area contributed by atoms with E-state index in [-0.39, 0.29) is 5.69 Å². The molecule has 0 aliphatic rings. The van der Waals surface area contributed by atoms with Crippen LogP contribution in [0.15, 0.2) is 72.8 Å². The average molecular weight is 473 g/mol. The zero-order chi connectivity index (χ0) is 24.9.